The summed E-state index contributed by atoms with van der Waals surface area (Å²) in [5, 5.41) is 9.25. The van der Waals surface area contributed by atoms with Crippen LogP contribution in [0.1, 0.15) is 11.1 Å². The number of nitrogens with one attached hydrogen (secondary N) is 1. The van der Waals surface area contributed by atoms with Crippen molar-refractivity contribution < 1.29 is 13.5 Å². The van der Waals surface area contributed by atoms with E-state index in [0.717, 1.165) is 5.56 Å². The fraction of sp³-hybridized carbons (Fsp3) is 0.214. The van der Waals surface area contributed by atoms with Gasteiger partial charge in [0.15, 0.2) is 0 Å². The number of aliphatic hydroxyl groups is 1. The Labute approximate surface area is 128 Å². The number of hydrogen-bond acceptors (Lipinski definition) is 4. The molecule has 1 aromatic carbocycles. The van der Waals surface area contributed by atoms with Crippen molar-refractivity contribution in [1.82, 2.24) is 9.71 Å². The fourth-order valence-electron chi connectivity index (χ4n) is 1.78. The number of rotatable bonds is 6. The smallest absolute Gasteiger partial charge is 0.240 e. The lowest BCUT2D eigenvalue weighted by Gasteiger charge is -2.08. The van der Waals surface area contributed by atoms with Gasteiger partial charge in [-0.3, -0.25) is 4.98 Å². The van der Waals surface area contributed by atoms with Gasteiger partial charge in [0.25, 0.3) is 0 Å². The summed E-state index contributed by atoms with van der Waals surface area (Å²) in [7, 11) is -3.61. The molecule has 2 aromatic rings. The third-order valence-electron chi connectivity index (χ3n) is 2.93. The number of benzene rings is 1. The second kappa shape index (κ2) is 7.00. The SMILES string of the molecule is O=S(=O)(NCCc1cccnc1)c1ccc(CO)c(Cl)c1. The van der Waals surface area contributed by atoms with Crippen LogP contribution in [0.2, 0.25) is 5.02 Å². The molecule has 0 aliphatic carbocycles. The number of aromatic nitrogens is 1. The molecule has 5 nitrogen and oxygen atoms in total. The van der Waals surface area contributed by atoms with Crippen molar-refractivity contribution in [3.63, 3.8) is 0 Å². The zero-order valence-corrected chi connectivity index (χ0v) is 12.7. The highest BCUT2D eigenvalue weighted by molar-refractivity contribution is 7.89. The number of nitrogens with zero attached hydrogens (tertiary/aromatic N) is 1. The molecular weight excluding hydrogens is 312 g/mol. The predicted molar refractivity (Wildman–Crippen MR) is 80.5 cm³/mol. The van der Waals surface area contributed by atoms with Gasteiger partial charge in [0.1, 0.15) is 0 Å². The zero-order chi connectivity index (χ0) is 15.3. The molecule has 1 aromatic heterocycles. The third kappa shape index (κ3) is 4.25. The van der Waals surface area contributed by atoms with E-state index in [9.17, 15) is 8.42 Å². The van der Waals surface area contributed by atoms with Crippen LogP contribution in [0.3, 0.4) is 0 Å². The van der Waals surface area contributed by atoms with Gasteiger partial charge in [0.2, 0.25) is 10.0 Å². The van der Waals surface area contributed by atoms with Crippen LogP contribution >= 0.6 is 11.6 Å². The van der Waals surface area contributed by atoms with E-state index in [1.54, 1.807) is 18.5 Å². The zero-order valence-electron chi connectivity index (χ0n) is 11.2. The molecule has 0 atom stereocenters. The highest BCUT2D eigenvalue weighted by Crippen LogP contribution is 2.20. The molecule has 0 amide bonds. The molecule has 21 heavy (non-hydrogen) atoms. The first-order valence-electron chi connectivity index (χ1n) is 6.31. The van der Waals surface area contributed by atoms with Crippen LogP contribution in [-0.2, 0) is 23.1 Å². The van der Waals surface area contributed by atoms with Gasteiger partial charge in [-0.1, -0.05) is 23.7 Å². The van der Waals surface area contributed by atoms with Crippen molar-refractivity contribution in [3.05, 3.63) is 58.9 Å². The van der Waals surface area contributed by atoms with Crippen molar-refractivity contribution in [2.75, 3.05) is 6.54 Å². The van der Waals surface area contributed by atoms with E-state index in [1.165, 1.54) is 18.2 Å². The normalized spacial score (nSPS) is 11.5. The Morgan fingerprint density at radius 2 is 2.10 bits per heavy atom. The second-order valence-corrected chi connectivity index (χ2v) is 6.59. The lowest BCUT2D eigenvalue weighted by Crippen LogP contribution is -2.26. The minimum absolute atomic E-state index is 0.0795. The number of sulfonamides is 1. The maximum atomic E-state index is 12.1. The Balaban J connectivity index is 2.03. The maximum Gasteiger partial charge on any atom is 0.240 e. The molecule has 2 N–H and O–H groups in total. The molecule has 0 aliphatic rings. The molecule has 0 saturated carbocycles. The fourth-order valence-corrected chi connectivity index (χ4v) is 3.15. The third-order valence-corrected chi connectivity index (χ3v) is 4.74. The molecule has 0 unspecified atom stereocenters. The van der Waals surface area contributed by atoms with Gasteiger partial charge in [-0.05, 0) is 35.7 Å². The van der Waals surface area contributed by atoms with Crippen LogP contribution in [0.15, 0.2) is 47.6 Å². The largest absolute Gasteiger partial charge is 0.392 e. The van der Waals surface area contributed by atoms with Crippen LogP contribution in [0.4, 0.5) is 0 Å². The van der Waals surface area contributed by atoms with E-state index >= 15 is 0 Å². The Bertz CT molecular complexity index is 705. The van der Waals surface area contributed by atoms with Gasteiger partial charge in [-0.15, -0.1) is 0 Å². The minimum atomic E-state index is -3.61. The predicted octanol–water partition coefficient (Wildman–Crippen LogP) is 1.75. The summed E-state index contributed by atoms with van der Waals surface area (Å²) in [4.78, 5) is 4.05. The Kier molecular flexibility index (Phi) is 5.30. The van der Waals surface area contributed by atoms with Gasteiger partial charge < -0.3 is 5.11 Å². The van der Waals surface area contributed by atoms with E-state index in [0.29, 0.717) is 12.0 Å². The van der Waals surface area contributed by atoms with Crippen molar-refractivity contribution in [3.8, 4) is 0 Å². The molecule has 0 fully saturated rings. The molecule has 0 spiro atoms. The standard InChI is InChI=1S/C14H15ClN2O3S/c15-14-8-13(4-3-12(14)10-18)21(19,20)17-7-5-11-2-1-6-16-9-11/h1-4,6,8-9,17-18H,5,7,10H2. The van der Waals surface area contributed by atoms with Crippen LogP contribution < -0.4 is 4.72 Å². The first kappa shape index (κ1) is 15.9. The summed E-state index contributed by atoms with van der Waals surface area (Å²) >= 11 is 5.91. The summed E-state index contributed by atoms with van der Waals surface area (Å²) in [6, 6.07) is 7.94. The molecule has 0 bridgehead atoms. The molecular formula is C14H15ClN2O3S. The first-order chi connectivity index (χ1) is 10.0. The van der Waals surface area contributed by atoms with E-state index < -0.39 is 10.0 Å². The monoisotopic (exact) mass is 326 g/mol. The highest BCUT2D eigenvalue weighted by Gasteiger charge is 2.15. The minimum Gasteiger partial charge on any atom is -0.392 e. The van der Waals surface area contributed by atoms with Crippen molar-refractivity contribution in [2.24, 2.45) is 0 Å². The van der Waals surface area contributed by atoms with E-state index in [1.807, 2.05) is 6.07 Å². The average Bonchev–Trinajstić information content (AvgIpc) is 2.48. The van der Waals surface area contributed by atoms with E-state index in [-0.39, 0.29) is 23.1 Å². The lowest BCUT2D eigenvalue weighted by atomic mass is 10.2. The van der Waals surface area contributed by atoms with Crippen molar-refractivity contribution in [2.45, 2.75) is 17.9 Å². The van der Waals surface area contributed by atoms with Crippen LogP contribution in [0.25, 0.3) is 0 Å². The summed E-state index contributed by atoms with van der Waals surface area (Å²) in [5.74, 6) is 0. The summed E-state index contributed by atoms with van der Waals surface area (Å²) in [5.41, 5.74) is 1.44. The molecule has 112 valence electrons. The molecule has 7 heteroatoms. The van der Waals surface area contributed by atoms with Crippen LogP contribution in [-0.4, -0.2) is 25.1 Å². The van der Waals surface area contributed by atoms with Gasteiger partial charge in [-0.2, -0.15) is 0 Å². The maximum absolute atomic E-state index is 12.1. The lowest BCUT2D eigenvalue weighted by molar-refractivity contribution is 0.282. The Hall–Kier alpha value is -1.47. The topological polar surface area (TPSA) is 79.3 Å². The van der Waals surface area contributed by atoms with E-state index in [4.69, 9.17) is 16.7 Å². The number of halogens is 1. The highest BCUT2D eigenvalue weighted by atomic mass is 35.5. The summed E-state index contributed by atoms with van der Waals surface area (Å²) in [6.07, 6.45) is 3.91. The van der Waals surface area contributed by atoms with Gasteiger partial charge in [0, 0.05) is 24.0 Å². The molecule has 0 aliphatic heterocycles. The summed E-state index contributed by atoms with van der Waals surface area (Å²) in [6.45, 7) is 0.0427. The second-order valence-electron chi connectivity index (χ2n) is 4.42. The van der Waals surface area contributed by atoms with Gasteiger partial charge in [0.05, 0.1) is 11.5 Å². The molecule has 1 heterocycles. The molecule has 0 saturated heterocycles. The van der Waals surface area contributed by atoms with Crippen LogP contribution in [0.5, 0.6) is 0 Å². The Morgan fingerprint density at radius 3 is 2.71 bits per heavy atom. The Morgan fingerprint density at radius 1 is 1.29 bits per heavy atom. The van der Waals surface area contributed by atoms with Crippen molar-refractivity contribution in [1.29, 1.82) is 0 Å². The average molecular weight is 327 g/mol. The number of hydrogen-bond donors (Lipinski definition) is 2. The van der Waals surface area contributed by atoms with E-state index in [2.05, 4.69) is 9.71 Å². The van der Waals surface area contributed by atoms with Crippen molar-refractivity contribution >= 4 is 21.6 Å². The van der Waals surface area contributed by atoms with Gasteiger partial charge in [-0.25, -0.2) is 13.1 Å². The molecule has 0 radical (unpaired) electrons. The summed E-state index contributed by atoms with van der Waals surface area (Å²) < 4.78 is 26.8. The number of aliphatic hydroxyl groups excluding tert-OH is 1. The quantitative estimate of drug-likeness (QED) is 0.847. The van der Waals surface area contributed by atoms with Gasteiger partial charge >= 0.3 is 0 Å². The molecule has 2 rings (SSSR count). The first-order valence-corrected chi connectivity index (χ1v) is 8.17. The number of pyridine rings is 1. The van der Waals surface area contributed by atoms with Crippen LogP contribution in [0, 0.1) is 0 Å².